The van der Waals surface area contributed by atoms with Crippen molar-refractivity contribution in [3.63, 3.8) is 0 Å². The number of nitrogens with one attached hydrogen (secondary N) is 1. The SMILES string of the molecule is CNC(Cc1ccc2ccccc2n1)c1cncc(F)c1. The molecule has 0 saturated carbocycles. The Morgan fingerprint density at radius 2 is 2.00 bits per heavy atom. The lowest BCUT2D eigenvalue weighted by molar-refractivity contribution is 0.567. The second kappa shape index (κ2) is 5.97. The molecule has 2 heterocycles. The predicted molar refractivity (Wildman–Crippen MR) is 81.4 cm³/mol. The van der Waals surface area contributed by atoms with Crippen LogP contribution in [-0.4, -0.2) is 17.0 Å². The van der Waals surface area contributed by atoms with Crippen LogP contribution in [-0.2, 0) is 6.42 Å². The van der Waals surface area contributed by atoms with E-state index in [1.165, 1.54) is 12.3 Å². The molecular weight excluding hydrogens is 265 g/mol. The van der Waals surface area contributed by atoms with Gasteiger partial charge < -0.3 is 5.32 Å². The Bertz CT molecular complexity index is 758. The summed E-state index contributed by atoms with van der Waals surface area (Å²) in [7, 11) is 1.86. The number of rotatable bonds is 4. The lowest BCUT2D eigenvalue weighted by Gasteiger charge is -2.16. The second-order valence-electron chi connectivity index (χ2n) is 4.98. The van der Waals surface area contributed by atoms with Gasteiger partial charge in [0.15, 0.2) is 0 Å². The van der Waals surface area contributed by atoms with Crippen LogP contribution < -0.4 is 5.32 Å². The normalized spacial score (nSPS) is 12.5. The number of nitrogens with zero attached hydrogens (tertiary/aromatic N) is 2. The van der Waals surface area contributed by atoms with E-state index < -0.39 is 0 Å². The number of benzene rings is 1. The molecule has 0 aliphatic rings. The summed E-state index contributed by atoms with van der Waals surface area (Å²) in [6.07, 6.45) is 3.59. The number of pyridine rings is 2. The van der Waals surface area contributed by atoms with Crippen LogP contribution in [0.3, 0.4) is 0 Å². The molecule has 3 aromatic rings. The van der Waals surface area contributed by atoms with E-state index in [0.29, 0.717) is 6.42 Å². The Hall–Kier alpha value is -2.33. The molecule has 0 amide bonds. The van der Waals surface area contributed by atoms with Crippen LogP contribution in [0.1, 0.15) is 17.3 Å². The molecule has 1 aromatic carbocycles. The van der Waals surface area contributed by atoms with E-state index in [4.69, 9.17) is 0 Å². The Kier molecular flexibility index (Phi) is 3.88. The number of para-hydroxylation sites is 1. The highest BCUT2D eigenvalue weighted by molar-refractivity contribution is 5.78. The average Bonchev–Trinajstić information content (AvgIpc) is 2.52. The first kappa shape index (κ1) is 13.6. The molecule has 0 spiro atoms. The lowest BCUT2D eigenvalue weighted by Crippen LogP contribution is -2.19. The zero-order valence-corrected chi connectivity index (χ0v) is 11.8. The Labute approximate surface area is 122 Å². The van der Waals surface area contributed by atoms with Crippen molar-refractivity contribution in [2.45, 2.75) is 12.5 Å². The first-order valence-corrected chi connectivity index (χ1v) is 6.88. The summed E-state index contributed by atoms with van der Waals surface area (Å²) in [5, 5.41) is 4.32. The molecule has 0 aliphatic carbocycles. The molecule has 2 aromatic heterocycles. The molecule has 1 unspecified atom stereocenters. The summed E-state index contributed by atoms with van der Waals surface area (Å²) in [5.74, 6) is -0.320. The zero-order chi connectivity index (χ0) is 14.7. The van der Waals surface area contributed by atoms with Gasteiger partial charge in [0.05, 0.1) is 11.7 Å². The molecular formula is C17H16FN3. The van der Waals surface area contributed by atoms with Crippen molar-refractivity contribution in [1.29, 1.82) is 0 Å². The van der Waals surface area contributed by atoms with Crippen LogP contribution in [0.5, 0.6) is 0 Å². The summed E-state index contributed by atoms with van der Waals surface area (Å²) in [4.78, 5) is 8.57. The van der Waals surface area contributed by atoms with Crippen LogP contribution in [0.25, 0.3) is 10.9 Å². The largest absolute Gasteiger partial charge is 0.313 e. The molecule has 106 valence electrons. The third-order valence-electron chi connectivity index (χ3n) is 3.55. The Balaban J connectivity index is 1.88. The number of likely N-dealkylation sites (N-methyl/N-ethyl adjacent to an activating group) is 1. The first-order chi connectivity index (χ1) is 10.3. The van der Waals surface area contributed by atoms with Crippen molar-refractivity contribution < 1.29 is 4.39 Å². The maximum atomic E-state index is 13.3. The van der Waals surface area contributed by atoms with E-state index in [-0.39, 0.29) is 11.9 Å². The van der Waals surface area contributed by atoms with Crippen molar-refractivity contribution in [2.24, 2.45) is 0 Å². The third kappa shape index (κ3) is 3.06. The van der Waals surface area contributed by atoms with E-state index >= 15 is 0 Å². The summed E-state index contributed by atoms with van der Waals surface area (Å²) in [6.45, 7) is 0. The van der Waals surface area contributed by atoms with Crippen molar-refractivity contribution in [3.05, 3.63) is 71.9 Å². The number of hydrogen-bond donors (Lipinski definition) is 1. The van der Waals surface area contributed by atoms with Crippen LogP contribution >= 0.6 is 0 Å². The van der Waals surface area contributed by atoms with Gasteiger partial charge in [-0.3, -0.25) is 9.97 Å². The fourth-order valence-corrected chi connectivity index (χ4v) is 2.44. The minimum atomic E-state index is -0.320. The van der Waals surface area contributed by atoms with E-state index in [9.17, 15) is 4.39 Å². The molecule has 3 nitrogen and oxygen atoms in total. The zero-order valence-electron chi connectivity index (χ0n) is 11.8. The van der Waals surface area contributed by atoms with Crippen LogP contribution in [0, 0.1) is 5.82 Å². The van der Waals surface area contributed by atoms with E-state index in [1.54, 1.807) is 6.20 Å². The Morgan fingerprint density at radius 3 is 2.81 bits per heavy atom. The molecule has 21 heavy (non-hydrogen) atoms. The molecule has 4 heteroatoms. The van der Waals surface area contributed by atoms with Gasteiger partial charge in [0.2, 0.25) is 0 Å². The third-order valence-corrected chi connectivity index (χ3v) is 3.55. The standard InChI is InChI=1S/C17H16FN3/c1-19-17(13-8-14(18)11-20-10-13)9-15-7-6-12-4-2-3-5-16(12)21-15/h2-8,10-11,17,19H,9H2,1H3. The van der Waals surface area contributed by atoms with Gasteiger partial charge in [0.1, 0.15) is 5.82 Å². The molecule has 0 aliphatic heterocycles. The average molecular weight is 281 g/mol. The molecule has 1 atom stereocenters. The number of hydrogen-bond acceptors (Lipinski definition) is 3. The Morgan fingerprint density at radius 1 is 1.14 bits per heavy atom. The van der Waals surface area contributed by atoms with Gasteiger partial charge in [-0.25, -0.2) is 4.39 Å². The van der Waals surface area contributed by atoms with Gasteiger partial charge in [0, 0.05) is 29.7 Å². The van der Waals surface area contributed by atoms with Gasteiger partial charge >= 0.3 is 0 Å². The quantitative estimate of drug-likeness (QED) is 0.797. The second-order valence-corrected chi connectivity index (χ2v) is 4.98. The monoisotopic (exact) mass is 281 g/mol. The highest BCUT2D eigenvalue weighted by Crippen LogP contribution is 2.19. The van der Waals surface area contributed by atoms with E-state index in [0.717, 1.165) is 22.2 Å². The van der Waals surface area contributed by atoms with Crippen molar-refractivity contribution in [2.75, 3.05) is 7.05 Å². The minimum absolute atomic E-state index is 0.0122. The highest BCUT2D eigenvalue weighted by Gasteiger charge is 2.12. The summed E-state index contributed by atoms with van der Waals surface area (Å²) >= 11 is 0. The van der Waals surface area contributed by atoms with Crippen molar-refractivity contribution in [3.8, 4) is 0 Å². The first-order valence-electron chi connectivity index (χ1n) is 6.88. The van der Waals surface area contributed by atoms with Crippen molar-refractivity contribution >= 4 is 10.9 Å². The van der Waals surface area contributed by atoms with Crippen LogP contribution in [0.4, 0.5) is 4.39 Å². The van der Waals surface area contributed by atoms with E-state index in [2.05, 4.69) is 21.4 Å². The topological polar surface area (TPSA) is 37.8 Å². The van der Waals surface area contributed by atoms with Gasteiger partial charge in [-0.15, -0.1) is 0 Å². The van der Waals surface area contributed by atoms with Crippen molar-refractivity contribution in [1.82, 2.24) is 15.3 Å². The molecule has 1 N–H and O–H groups in total. The van der Waals surface area contributed by atoms with Gasteiger partial charge in [-0.2, -0.15) is 0 Å². The fourth-order valence-electron chi connectivity index (χ4n) is 2.44. The molecule has 0 radical (unpaired) electrons. The van der Waals surface area contributed by atoms with Crippen LogP contribution in [0.2, 0.25) is 0 Å². The summed E-state index contributed by atoms with van der Waals surface area (Å²) in [6, 6.07) is 13.6. The maximum Gasteiger partial charge on any atom is 0.141 e. The highest BCUT2D eigenvalue weighted by atomic mass is 19.1. The lowest BCUT2D eigenvalue weighted by atomic mass is 10.0. The van der Waals surface area contributed by atoms with Gasteiger partial charge in [-0.1, -0.05) is 24.3 Å². The summed E-state index contributed by atoms with van der Waals surface area (Å²) in [5.41, 5.74) is 2.77. The number of halogens is 1. The van der Waals surface area contributed by atoms with Crippen LogP contribution in [0.15, 0.2) is 54.9 Å². The number of aromatic nitrogens is 2. The molecule has 0 fully saturated rings. The van der Waals surface area contributed by atoms with E-state index in [1.807, 2.05) is 37.4 Å². The number of fused-ring (bicyclic) bond motifs is 1. The molecule has 0 saturated heterocycles. The maximum absolute atomic E-state index is 13.3. The molecule has 0 bridgehead atoms. The smallest absolute Gasteiger partial charge is 0.141 e. The predicted octanol–water partition coefficient (Wildman–Crippen LogP) is 3.27. The molecule has 3 rings (SSSR count). The fraction of sp³-hybridized carbons (Fsp3) is 0.176. The van der Waals surface area contributed by atoms with Gasteiger partial charge in [0.25, 0.3) is 0 Å². The minimum Gasteiger partial charge on any atom is -0.313 e. The van der Waals surface area contributed by atoms with Gasteiger partial charge in [-0.05, 0) is 30.8 Å². The summed E-state index contributed by atoms with van der Waals surface area (Å²) < 4.78 is 13.3.